The standard InChI is InChI=1S/C26H31NO3/c1-4-5-6-10-17-27-23(20-15-13-19(14-16-20)18(2)3)22(25(29)26(27)30)24(28)21-11-8-7-9-12-21/h7-9,11-16,18,23,28H,4-6,10,17H2,1-3H3/t23-/m0/s1. The van der Waals surface area contributed by atoms with E-state index in [0.717, 1.165) is 31.2 Å². The normalized spacial score (nSPS) is 18.4. The molecule has 1 aliphatic heterocycles. The first-order valence-electron chi connectivity index (χ1n) is 10.9. The summed E-state index contributed by atoms with van der Waals surface area (Å²) in [5.74, 6) is -0.849. The lowest BCUT2D eigenvalue weighted by molar-refractivity contribution is -0.139. The first-order chi connectivity index (χ1) is 14.5. The van der Waals surface area contributed by atoms with E-state index in [1.165, 1.54) is 5.56 Å². The van der Waals surface area contributed by atoms with Gasteiger partial charge in [-0.3, -0.25) is 9.59 Å². The van der Waals surface area contributed by atoms with Crippen molar-refractivity contribution in [3.05, 3.63) is 76.9 Å². The van der Waals surface area contributed by atoms with E-state index in [2.05, 4.69) is 20.8 Å². The molecule has 1 atom stereocenters. The summed E-state index contributed by atoms with van der Waals surface area (Å²) in [5.41, 5.74) is 2.78. The molecule has 0 saturated carbocycles. The molecule has 2 aromatic rings. The number of unbranched alkanes of at least 4 members (excludes halogenated alkanes) is 3. The second-order valence-corrected chi connectivity index (χ2v) is 8.24. The summed E-state index contributed by atoms with van der Waals surface area (Å²) in [7, 11) is 0. The van der Waals surface area contributed by atoms with Crippen molar-refractivity contribution in [1.29, 1.82) is 0 Å². The number of carbonyl (C=O) groups is 2. The molecule has 1 saturated heterocycles. The van der Waals surface area contributed by atoms with Gasteiger partial charge in [-0.1, -0.05) is 94.6 Å². The lowest BCUT2D eigenvalue weighted by atomic mass is 9.93. The number of likely N-dealkylation sites (tertiary alicyclic amines) is 1. The molecule has 1 aliphatic rings. The molecule has 0 unspecified atom stereocenters. The Balaban J connectivity index is 2.05. The molecule has 4 heteroatoms. The van der Waals surface area contributed by atoms with Crippen molar-refractivity contribution in [2.24, 2.45) is 0 Å². The quantitative estimate of drug-likeness (QED) is 0.261. The van der Waals surface area contributed by atoms with E-state index in [9.17, 15) is 14.7 Å². The molecule has 0 aliphatic carbocycles. The third-order valence-corrected chi connectivity index (χ3v) is 5.76. The average molecular weight is 406 g/mol. The van der Waals surface area contributed by atoms with Gasteiger partial charge >= 0.3 is 0 Å². The van der Waals surface area contributed by atoms with Crippen LogP contribution < -0.4 is 0 Å². The van der Waals surface area contributed by atoms with Crippen LogP contribution in [-0.4, -0.2) is 28.2 Å². The number of nitrogens with zero attached hydrogens (tertiary/aromatic N) is 1. The zero-order valence-corrected chi connectivity index (χ0v) is 18.1. The summed E-state index contributed by atoms with van der Waals surface area (Å²) in [6.07, 6.45) is 4.05. The fourth-order valence-electron chi connectivity index (χ4n) is 3.98. The van der Waals surface area contributed by atoms with E-state index in [4.69, 9.17) is 0 Å². The van der Waals surface area contributed by atoms with Gasteiger partial charge in [0.25, 0.3) is 11.7 Å². The molecule has 0 spiro atoms. The number of amides is 1. The minimum absolute atomic E-state index is 0.108. The van der Waals surface area contributed by atoms with Crippen LogP contribution in [0.3, 0.4) is 0 Å². The summed E-state index contributed by atoms with van der Waals surface area (Å²) >= 11 is 0. The second kappa shape index (κ2) is 9.75. The van der Waals surface area contributed by atoms with Crippen molar-refractivity contribution in [3.8, 4) is 0 Å². The van der Waals surface area contributed by atoms with Crippen LogP contribution in [0, 0.1) is 0 Å². The molecule has 2 aromatic carbocycles. The van der Waals surface area contributed by atoms with Crippen molar-refractivity contribution >= 4 is 17.4 Å². The third kappa shape index (κ3) is 4.48. The number of Topliss-reactive ketones (excluding diaryl/α,β-unsaturated/α-hetero) is 1. The van der Waals surface area contributed by atoms with Crippen molar-refractivity contribution < 1.29 is 14.7 Å². The van der Waals surface area contributed by atoms with E-state index in [-0.39, 0.29) is 11.3 Å². The van der Waals surface area contributed by atoms with Gasteiger partial charge in [0.15, 0.2) is 0 Å². The zero-order chi connectivity index (χ0) is 21.7. The number of aliphatic hydroxyl groups excluding tert-OH is 1. The number of hydrogen-bond acceptors (Lipinski definition) is 3. The molecule has 1 amide bonds. The van der Waals surface area contributed by atoms with Gasteiger partial charge in [0.05, 0.1) is 11.6 Å². The molecule has 1 N–H and O–H groups in total. The van der Waals surface area contributed by atoms with Crippen LogP contribution in [-0.2, 0) is 9.59 Å². The van der Waals surface area contributed by atoms with E-state index >= 15 is 0 Å². The van der Waals surface area contributed by atoms with Gasteiger partial charge in [-0.2, -0.15) is 0 Å². The average Bonchev–Trinajstić information content (AvgIpc) is 3.01. The maximum absolute atomic E-state index is 13.0. The van der Waals surface area contributed by atoms with Gasteiger partial charge in [0.1, 0.15) is 5.76 Å². The highest BCUT2D eigenvalue weighted by atomic mass is 16.3. The monoisotopic (exact) mass is 405 g/mol. The summed E-state index contributed by atoms with van der Waals surface area (Å²) in [6, 6.07) is 16.4. The van der Waals surface area contributed by atoms with E-state index in [0.29, 0.717) is 18.0 Å². The summed E-state index contributed by atoms with van der Waals surface area (Å²) in [6.45, 7) is 6.91. The minimum atomic E-state index is -0.607. The van der Waals surface area contributed by atoms with Crippen molar-refractivity contribution in [2.75, 3.05) is 6.54 Å². The van der Waals surface area contributed by atoms with E-state index in [1.807, 2.05) is 42.5 Å². The number of carbonyl (C=O) groups excluding carboxylic acids is 2. The zero-order valence-electron chi connectivity index (χ0n) is 18.1. The number of rotatable bonds is 8. The molecule has 4 nitrogen and oxygen atoms in total. The lowest BCUT2D eigenvalue weighted by Crippen LogP contribution is -2.30. The molecular formula is C26H31NO3. The molecule has 3 rings (SSSR count). The predicted octanol–water partition coefficient (Wildman–Crippen LogP) is 5.81. The number of benzene rings is 2. The number of hydrogen-bond donors (Lipinski definition) is 1. The van der Waals surface area contributed by atoms with Crippen LogP contribution in [0.5, 0.6) is 0 Å². The molecular weight excluding hydrogens is 374 g/mol. The van der Waals surface area contributed by atoms with Crippen LogP contribution in [0.25, 0.3) is 5.76 Å². The second-order valence-electron chi connectivity index (χ2n) is 8.24. The van der Waals surface area contributed by atoms with E-state index in [1.54, 1.807) is 17.0 Å². The van der Waals surface area contributed by atoms with E-state index < -0.39 is 17.7 Å². The summed E-state index contributed by atoms with van der Waals surface area (Å²) in [5, 5.41) is 11.0. The summed E-state index contributed by atoms with van der Waals surface area (Å²) in [4.78, 5) is 27.5. The highest BCUT2D eigenvalue weighted by Gasteiger charge is 2.45. The number of ketones is 1. The van der Waals surface area contributed by atoms with Crippen LogP contribution in [0.1, 0.15) is 75.1 Å². The van der Waals surface area contributed by atoms with Crippen molar-refractivity contribution in [2.45, 2.75) is 58.4 Å². The maximum atomic E-state index is 13.0. The highest BCUT2D eigenvalue weighted by Crippen LogP contribution is 2.39. The Morgan fingerprint density at radius 1 is 0.967 bits per heavy atom. The predicted molar refractivity (Wildman–Crippen MR) is 120 cm³/mol. The smallest absolute Gasteiger partial charge is 0.295 e. The van der Waals surface area contributed by atoms with Gasteiger partial charge in [-0.15, -0.1) is 0 Å². The van der Waals surface area contributed by atoms with Crippen molar-refractivity contribution in [1.82, 2.24) is 4.90 Å². The molecule has 158 valence electrons. The van der Waals surface area contributed by atoms with Gasteiger partial charge in [-0.05, 0) is 23.5 Å². The van der Waals surface area contributed by atoms with Gasteiger partial charge in [0, 0.05) is 12.1 Å². The molecule has 30 heavy (non-hydrogen) atoms. The SMILES string of the molecule is CCCCCCN1C(=O)C(=O)C(=C(O)c2ccccc2)[C@@H]1c1ccc(C(C)C)cc1. The molecule has 0 bridgehead atoms. The summed E-state index contributed by atoms with van der Waals surface area (Å²) < 4.78 is 0. The Kier molecular flexibility index (Phi) is 7.09. The van der Waals surface area contributed by atoms with Crippen molar-refractivity contribution in [3.63, 3.8) is 0 Å². The molecule has 1 fully saturated rings. The Hall–Kier alpha value is -2.88. The Labute approximate surface area is 179 Å². The first kappa shape index (κ1) is 21.8. The molecule has 0 radical (unpaired) electrons. The van der Waals surface area contributed by atoms with Crippen LogP contribution >= 0.6 is 0 Å². The van der Waals surface area contributed by atoms with Gasteiger partial charge in [-0.25, -0.2) is 0 Å². The lowest BCUT2D eigenvalue weighted by Gasteiger charge is -2.25. The third-order valence-electron chi connectivity index (χ3n) is 5.76. The first-order valence-corrected chi connectivity index (χ1v) is 10.9. The minimum Gasteiger partial charge on any atom is -0.507 e. The Bertz CT molecular complexity index is 913. The fourth-order valence-corrected chi connectivity index (χ4v) is 3.98. The maximum Gasteiger partial charge on any atom is 0.295 e. The highest BCUT2D eigenvalue weighted by molar-refractivity contribution is 6.46. The Morgan fingerprint density at radius 3 is 2.23 bits per heavy atom. The largest absolute Gasteiger partial charge is 0.507 e. The Morgan fingerprint density at radius 2 is 1.63 bits per heavy atom. The van der Waals surface area contributed by atoms with Crippen LogP contribution in [0.4, 0.5) is 0 Å². The van der Waals surface area contributed by atoms with Crippen LogP contribution in [0.2, 0.25) is 0 Å². The van der Waals surface area contributed by atoms with Gasteiger partial charge < -0.3 is 10.0 Å². The number of aliphatic hydroxyl groups is 1. The topological polar surface area (TPSA) is 57.6 Å². The van der Waals surface area contributed by atoms with Gasteiger partial charge in [0.2, 0.25) is 0 Å². The fraction of sp³-hybridized carbons (Fsp3) is 0.385. The molecule has 0 aromatic heterocycles. The molecule has 1 heterocycles. The van der Waals surface area contributed by atoms with Crippen LogP contribution in [0.15, 0.2) is 60.2 Å².